The predicted molar refractivity (Wildman–Crippen MR) is 94.2 cm³/mol. The lowest BCUT2D eigenvalue weighted by atomic mass is 10.1. The van der Waals surface area contributed by atoms with Crippen LogP contribution >= 0.6 is 0 Å². The highest BCUT2D eigenvalue weighted by Gasteiger charge is 2.18. The summed E-state index contributed by atoms with van der Waals surface area (Å²) in [5.74, 6) is 0.696. The molecule has 1 amide bonds. The van der Waals surface area contributed by atoms with E-state index >= 15 is 0 Å². The van der Waals surface area contributed by atoms with Gasteiger partial charge in [-0.15, -0.1) is 0 Å². The number of nitrogens with zero attached hydrogens (tertiary/aromatic N) is 2. The summed E-state index contributed by atoms with van der Waals surface area (Å²) in [4.78, 5) is 18.7. The molecule has 0 N–H and O–H groups in total. The molecule has 2 aromatic carbocycles. The number of aromatic nitrogens is 1. The van der Waals surface area contributed by atoms with Crippen molar-refractivity contribution in [2.24, 2.45) is 0 Å². The van der Waals surface area contributed by atoms with Gasteiger partial charge in [0.15, 0.2) is 0 Å². The van der Waals surface area contributed by atoms with Crippen LogP contribution in [0.1, 0.15) is 15.9 Å². The standard InChI is InChI=1S/C20H18N2O2/c1-24-19-9-7-18(8-10-19)22(15-16-5-3-2-4-6-16)20(23)17-11-13-21-14-12-17/h2-14H,15H2,1H3. The first-order valence-electron chi connectivity index (χ1n) is 7.68. The van der Waals surface area contributed by atoms with Crippen molar-refractivity contribution in [2.75, 3.05) is 12.0 Å². The van der Waals surface area contributed by atoms with Crippen LogP contribution in [0.3, 0.4) is 0 Å². The normalized spacial score (nSPS) is 10.2. The number of carbonyl (C=O) groups excluding carboxylic acids is 1. The number of benzene rings is 2. The molecule has 0 saturated heterocycles. The summed E-state index contributed by atoms with van der Waals surface area (Å²) < 4.78 is 5.20. The molecule has 0 unspecified atom stereocenters. The van der Waals surface area contributed by atoms with E-state index in [9.17, 15) is 4.79 Å². The van der Waals surface area contributed by atoms with Crippen molar-refractivity contribution in [3.63, 3.8) is 0 Å². The lowest BCUT2D eigenvalue weighted by molar-refractivity contribution is 0.0985. The third kappa shape index (κ3) is 3.60. The highest BCUT2D eigenvalue weighted by atomic mass is 16.5. The van der Waals surface area contributed by atoms with Crippen molar-refractivity contribution in [1.29, 1.82) is 0 Å². The van der Waals surface area contributed by atoms with Crippen LogP contribution in [0.2, 0.25) is 0 Å². The van der Waals surface area contributed by atoms with Gasteiger partial charge in [-0.25, -0.2) is 0 Å². The lowest BCUT2D eigenvalue weighted by Crippen LogP contribution is -2.30. The summed E-state index contributed by atoms with van der Waals surface area (Å²) in [6, 6.07) is 20.9. The summed E-state index contributed by atoms with van der Waals surface area (Å²) in [7, 11) is 1.62. The average molecular weight is 318 g/mol. The van der Waals surface area contributed by atoms with Crippen LogP contribution in [0.25, 0.3) is 0 Å². The van der Waals surface area contributed by atoms with Gasteiger partial charge in [0.05, 0.1) is 13.7 Å². The molecule has 4 heteroatoms. The fourth-order valence-electron chi connectivity index (χ4n) is 2.46. The Morgan fingerprint density at radius 2 is 1.62 bits per heavy atom. The number of rotatable bonds is 5. The Balaban J connectivity index is 1.95. The number of ether oxygens (including phenoxy) is 1. The van der Waals surface area contributed by atoms with Gasteiger partial charge in [-0.05, 0) is 42.0 Å². The van der Waals surface area contributed by atoms with Crippen LogP contribution in [-0.4, -0.2) is 18.0 Å². The highest BCUT2D eigenvalue weighted by Crippen LogP contribution is 2.23. The minimum atomic E-state index is -0.0635. The van der Waals surface area contributed by atoms with E-state index in [0.717, 1.165) is 17.0 Å². The smallest absolute Gasteiger partial charge is 0.258 e. The van der Waals surface area contributed by atoms with Gasteiger partial charge >= 0.3 is 0 Å². The molecule has 0 fully saturated rings. The van der Waals surface area contributed by atoms with Crippen LogP contribution in [0.15, 0.2) is 79.1 Å². The van der Waals surface area contributed by atoms with E-state index in [-0.39, 0.29) is 5.91 Å². The van der Waals surface area contributed by atoms with Crippen molar-refractivity contribution in [2.45, 2.75) is 6.54 Å². The number of hydrogen-bond donors (Lipinski definition) is 0. The molecular weight excluding hydrogens is 300 g/mol. The maximum atomic E-state index is 13.0. The molecule has 1 heterocycles. The zero-order valence-electron chi connectivity index (χ0n) is 13.4. The largest absolute Gasteiger partial charge is 0.497 e. The second kappa shape index (κ2) is 7.42. The monoisotopic (exact) mass is 318 g/mol. The van der Waals surface area contributed by atoms with Gasteiger partial charge in [0.25, 0.3) is 5.91 Å². The molecule has 0 atom stereocenters. The molecule has 120 valence electrons. The van der Waals surface area contributed by atoms with Crippen LogP contribution in [0.4, 0.5) is 5.69 Å². The van der Waals surface area contributed by atoms with Crippen LogP contribution < -0.4 is 9.64 Å². The van der Waals surface area contributed by atoms with Crippen LogP contribution in [0, 0.1) is 0 Å². The second-order valence-electron chi connectivity index (χ2n) is 5.31. The van der Waals surface area contributed by atoms with E-state index in [1.807, 2.05) is 54.6 Å². The maximum Gasteiger partial charge on any atom is 0.258 e. The molecule has 0 saturated carbocycles. The Morgan fingerprint density at radius 1 is 0.958 bits per heavy atom. The summed E-state index contributed by atoms with van der Waals surface area (Å²) in [6.07, 6.45) is 3.25. The Morgan fingerprint density at radius 3 is 2.25 bits per heavy atom. The maximum absolute atomic E-state index is 13.0. The van der Waals surface area contributed by atoms with E-state index in [0.29, 0.717) is 12.1 Å². The molecule has 3 rings (SSSR count). The number of methoxy groups -OCH3 is 1. The first-order valence-corrected chi connectivity index (χ1v) is 7.68. The van der Waals surface area contributed by atoms with E-state index in [1.165, 1.54) is 0 Å². The fraction of sp³-hybridized carbons (Fsp3) is 0.100. The van der Waals surface area contributed by atoms with Crippen LogP contribution in [-0.2, 0) is 6.54 Å². The minimum absolute atomic E-state index is 0.0635. The first kappa shape index (κ1) is 15.7. The molecule has 0 bridgehead atoms. The second-order valence-corrected chi connectivity index (χ2v) is 5.31. The van der Waals surface area contributed by atoms with Crippen molar-refractivity contribution in [3.05, 3.63) is 90.3 Å². The lowest BCUT2D eigenvalue weighted by Gasteiger charge is -2.23. The van der Waals surface area contributed by atoms with Crippen molar-refractivity contribution in [1.82, 2.24) is 4.98 Å². The van der Waals surface area contributed by atoms with E-state index in [2.05, 4.69) is 4.98 Å². The summed E-state index contributed by atoms with van der Waals surface area (Å²) >= 11 is 0. The van der Waals surface area contributed by atoms with E-state index in [1.54, 1.807) is 36.5 Å². The fourth-order valence-corrected chi connectivity index (χ4v) is 2.46. The third-order valence-corrected chi connectivity index (χ3v) is 3.74. The quantitative estimate of drug-likeness (QED) is 0.715. The van der Waals surface area contributed by atoms with Gasteiger partial charge in [0.2, 0.25) is 0 Å². The SMILES string of the molecule is COc1ccc(N(Cc2ccccc2)C(=O)c2ccncc2)cc1. The van der Waals surface area contributed by atoms with Crippen molar-refractivity contribution >= 4 is 11.6 Å². The zero-order chi connectivity index (χ0) is 16.8. The Labute approximate surface area is 141 Å². The van der Waals surface area contributed by atoms with E-state index < -0.39 is 0 Å². The van der Waals surface area contributed by atoms with Gasteiger partial charge in [-0.3, -0.25) is 9.78 Å². The molecule has 1 aromatic heterocycles. The average Bonchev–Trinajstić information content (AvgIpc) is 2.67. The molecule has 0 aliphatic heterocycles. The number of carbonyl (C=O) groups is 1. The summed E-state index contributed by atoms with van der Waals surface area (Å²) in [6.45, 7) is 0.494. The Bertz CT molecular complexity index is 787. The number of amides is 1. The highest BCUT2D eigenvalue weighted by molar-refractivity contribution is 6.05. The van der Waals surface area contributed by atoms with Gasteiger partial charge in [-0.1, -0.05) is 30.3 Å². The predicted octanol–water partition coefficient (Wildman–Crippen LogP) is 3.94. The first-order chi connectivity index (χ1) is 11.8. The Kier molecular flexibility index (Phi) is 4.87. The number of hydrogen-bond acceptors (Lipinski definition) is 3. The molecule has 0 radical (unpaired) electrons. The topological polar surface area (TPSA) is 42.4 Å². The zero-order valence-corrected chi connectivity index (χ0v) is 13.4. The molecule has 24 heavy (non-hydrogen) atoms. The summed E-state index contributed by atoms with van der Waals surface area (Å²) in [5.41, 5.74) is 2.49. The third-order valence-electron chi connectivity index (χ3n) is 3.74. The van der Waals surface area contributed by atoms with Gasteiger partial charge in [-0.2, -0.15) is 0 Å². The van der Waals surface area contributed by atoms with Crippen molar-refractivity contribution in [3.8, 4) is 5.75 Å². The number of pyridine rings is 1. The van der Waals surface area contributed by atoms with Gasteiger partial charge in [0, 0.05) is 23.6 Å². The molecule has 0 aliphatic carbocycles. The molecule has 3 aromatic rings. The molecule has 0 spiro atoms. The molecule has 0 aliphatic rings. The van der Waals surface area contributed by atoms with Crippen molar-refractivity contribution < 1.29 is 9.53 Å². The minimum Gasteiger partial charge on any atom is -0.497 e. The molecule has 4 nitrogen and oxygen atoms in total. The summed E-state index contributed by atoms with van der Waals surface area (Å²) in [5, 5.41) is 0. The van der Waals surface area contributed by atoms with Gasteiger partial charge in [0.1, 0.15) is 5.75 Å². The number of anilines is 1. The van der Waals surface area contributed by atoms with Crippen LogP contribution in [0.5, 0.6) is 5.75 Å². The molecular formula is C20H18N2O2. The van der Waals surface area contributed by atoms with E-state index in [4.69, 9.17) is 4.74 Å². The van der Waals surface area contributed by atoms with Gasteiger partial charge < -0.3 is 9.64 Å². The Hall–Kier alpha value is -3.14.